The third-order valence-corrected chi connectivity index (χ3v) is 6.11. The van der Waals surface area contributed by atoms with Gasteiger partial charge in [-0.3, -0.25) is 0 Å². The number of pyridine rings is 1. The van der Waals surface area contributed by atoms with Gasteiger partial charge in [0.1, 0.15) is 11.8 Å². The Morgan fingerprint density at radius 2 is 1.45 bits per heavy atom. The number of aromatic nitrogens is 1. The van der Waals surface area contributed by atoms with E-state index in [1.165, 1.54) is 0 Å². The molecule has 3 aromatic rings. The molecule has 0 amide bonds. The topological polar surface area (TPSA) is 19.4 Å². The maximum atomic E-state index is 16.4. The number of rotatable bonds is 2. The fourth-order valence-corrected chi connectivity index (χ4v) is 4.76. The zero-order valence-corrected chi connectivity index (χ0v) is 19.5. The maximum absolute atomic E-state index is 16.4. The van der Waals surface area contributed by atoms with Crippen molar-refractivity contribution in [1.29, 1.82) is 0 Å². The number of nitrogens with zero attached hydrogens (tertiary/aromatic N) is 3. The molecule has 4 heteroatoms. The van der Waals surface area contributed by atoms with E-state index in [1.54, 1.807) is 0 Å². The number of alkyl halides is 1. The Hall–Kier alpha value is -2.88. The second-order valence-electron chi connectivity index (χ2n) is 7.36. The third-order valence-electron chi connectivity index (χ3n) is 6.11. The number of halogens is 1. The molecule has 0 bridgehead atoms. The molecule has 1 aromatic heterocycles. The summed E-state index contributed by atoms with van der Waals surface area (Å²) in [6.07, 6.45) is 2.11. The first-order valence-electron chi connectivity index (χ1n) is 11.5. The van der Waals surface area contributed by atoms with E-state index in [1.807, 2.05) is 96.3 Å². The van der Waals surface area contributed by atoms with Crippen LogP contribution in [0.1, 0.15) is 53.5 Å². The van der Waals surface area contributed by atoms with Gasteiger partial charge in [0.15, 0.2) is 5.82 Å². The lowest BCUT2D eigenvalue weighted by Crippen LogP contribution is -2.54. The van der Waals surface area contributed by atoms with E-state index in [-0.39, 0.29) is 12.1 Å². The lowest BCUT2D eigenvalue weighted by Gasteiger charge is -2.48. The molecule has 2 aliphatic heterocycles. The van der Waals surface area contributed by atoms with Gasteiger partial charge in [-0.2, -0.15) is 0 Å². The predicted molar refractivity (Wildman–Crippen MR) is 130 cm³/mol. The average molecular weight is 420 g/mol. The standard InChI is InChI=1S/C23H22FN3.2C2H6/c1-3-23(24)16(2)22-26(17-10-5-4-6-11-17)20-14-9-15-25-21(20)27(22)19-13-8-7-12-18(19)23;2*1-2/h4-16,22H,3H2,1-2H3;2*1-2H3. The first-order chi connectivity index (χ1) is 15.2. The van der Waals surface area contributed by atoms with Crippen molar-refractivity contribution in [2.75, 3.05) is 9.80 Å². The minimum atomic E-state index is -1.38. The highest BCUT2D eigenvalue weighted by Crippen LogP contribution is 2.58. The van der Waals surface area contributed by atoms with Crippen molar-refractivity contribution in [2.45, 2.75) is 59.8 Å². The van der Waals surface area contributed by atoms with Crippen LogP contribution in [0, 0.1) is 5.92 Å². The SMILES string of the molecule is CC.CC.CCC1(F)c2ccccc2N2c3ncccc3N(c3ccccc3)C2C1C. The van der Waals surface area contributed by atoms with Crippen molar-refractivity contribution in [3.63, 3.8) is 0 Å². The van der Waals surface area contributed by atoms with Gasteiger partial charge >= 0.3 is 0 Å². The fourth-order valence-electron chi connectivity index (χ4n) is 4.76. The summed E-state index contributed by atoms with van der Waals surface area (Å²) < 4.78 is 16.4. The number of hydrogen-bond acceptors (Lipinski definition) is 3. The van der Waals surface area contributed by atoms with Crippen LogP contribution in [0.4, 0.5) is 27.3 Å². The summed E-state index contributed by atoms with van der Waals surface area (Å²) >= 11 is 0. The van der Waals surface area contributed by atoms with E-state index in [2.05, 4.69) is 33.0 Å². The monoisotopic (exact) mass is 419 g/mol. The lowest BCUT2D eigenvalue weighted by molar-refractivity contribution is 0.0620. The van der Waals surface area contributed by atoms with E-state index in [0.717, 1.165) is 28.4 Å². The van der Waals surface area contributed by atoms with Gasteiger partial charge in [-0.25, -0.2) is 9.37 Å². The van der Waals surface area contributed by atoms with Crippen molar-refractivity contribution >= 4 is 22.9 Å². The molecule has 164 valence electrons. The summed E-state index contributed by atoms with van der Waals surface area (Å²) in [6, 6.07) is 22.1. The summed E-state index contributed by atoms with van der Waals surface area (Å²) in [5.41, 5.74) is 2.39. The van der Waals surface area contributed by atoms with Crippen LogP contribution in [0.25, 0.3) is 0 Å². The summed E-state index contributed by atoms with van der Waals surface area (Å²) in [7, 11) is 0. The van der Waals surface area contributed by atoms with Gasteiger partial charge in [0.2, 0.25) is 0 Å². The van der Waals surface area contributed by atoms with Crippen molar-refractivity contribution in [3.05, 3.63) is 78.5 Å². The van der Waals surface area contributed by atoms with E-state index < -0.39 is 5.67 Å². The first kappa shape index (κ1) is 22.8. The summed E-state index contributed by atoms with van der Waals surface area (Å²) in [6.45, 7) is 12.0. The predicted octanol–water partition coefficient (Wildman–Crippen LogP) is 7.97. The Labute approximate surface area is 186 Å². The van der Waals surface area contributed by atoms with Gasteiger partial charge in [0, 0.05) is 23.4 Å². The molecular weight excluding hydrogens is 385 g/mol. The Kier molecular flexibility index (Phi) is 6.99. The van der Waals surface area contributed by atoms with Crippen LogP contribution in [0.2, 0.25) is 0 Å². The van der Waals surface area contributed by atoms with Gasteiger partial charge < -0.3 is 9.80 Å². The molecule has 0 aliphatic carbocycles. The number of anilines is 4. The summed E-state index contributed by atoms with van der Waals surface area (Å²) in [5.74, 6) is 0.663. The quantitative estimate of drug-likeness (QED) is 0.420. The summed E-state index contributed by atoms with van der Waals surface area (Å²) in [4.78, 5) is 9.15. The molecule has 0 N–H and O–H groups in total. The second kappa shape index (κ2) is 9.51. The third kappa shape index (κ3) is 3.48. The second-order valence-corrected chi connectivity index (χ2v) is 7.36. The van der Waals surface area contributed by atoms with Gasteiger partial charge in [-0.05, 0) is 36.8 Å². The van der Waals surface area contributed by atoms with E-state index in [9.17, 15) is 0 Å². The summed E-state index contributed by atoms with van der Waals surface area (Å²) in [5, 5.41) is 0. The van der Waals surface area contributed by atoms with Crippen molar-refractivity contribution in [2.24, 2.45) is 5.92 Å². The number of hydrogen-bond donors (Lipinski definition) is 0. The van der Waals surface area contributed by atoms with Crippen molar-refractivity contribution in [1.82, 2.24) is 4.98 Å². The van der Waals surface area contributed by atoms with E-state index >= 15 is 4.39 Å². The average Bonchev–Trinajstić information content (AvgIpc) is 3.21. The van der Waals surface area contributed by atoms with Crippen LogP contribution in [0.5, 0.6) is 0 Å². The van der Waals surface area contributed by atoms with E-state index in [4.69, 9.17) is 0 Å². The lowest BCUT2D eigenvalue weighted by atomic mass is 9.75. The van der Waals surface area contributed by atoms with Gasteiger partial charge in [-0.1, -0.05) is 77.9 Å². The van der Waals surface area contributed by atoms with Crippen LogP contribution >= 0.6 is 0 Å². The van der Waals surface area contributed by atoms with Crippen LogP contribution in [0.3, 0.4) is 0 Å². The normalized spacial score (nSPS) is 22.8. The molecule has 0 radical (unpaired) electrons. The molecule has 2 aromatic carbocycles. The Balaban J connectivity index is 0.000000645. The zero-order valence-electron chi connectivity index (χ0n) is 19.5. The molecule has 0 fully saturated rings. The highest BCUT2D eigenvalue weighted by molar-refractivity contribution is 5.88. The smallest absolute Gasteiger partial charge is 0.158 e. The molecule has 0 spiro atoms. The highest BCUT2D eigenvalue weighted by Gasteiger charge is 2.55. The maximum Gasteiger partial charge on any atom is 0.158 e. The van der Waals surface area contributed by atoms with E-state index in [0.29, 0.717) is 6.42 Å². The van der Waals surface area contributed by atoms with Crippen LogP contribution < -0.4 is 9.80 Å². The molecule has 3 heterocycles. The molecule has 3 nitrogen and oxygen atoms in total. The number of para-hydroxylation sites is 2. The Bertz CT molecular complexity index is 991. The van der Waals surface area contributed by atoms with Crippen molar-refractivity contribution in [3.8, 4) is 0 Å². The largest absolute Gasteiger partial charge is 0.316 e. The Morgan fingerprint density at radius 1 is 0.839 bits per heavy atom. The minimum Gasteiger partial charge on any atom is -0.316 e. The molecular formula is C27H34FN3. The fraction of sp³-hybridized carbons (Fsp3) is 0.370. The molecule has 31 heavy (non-hydrogen) atoms. The molecule has 3 atom stereocenters. The zero-order chi connectivity index (χ0) is 22.6. The minimum absolute atomic E-state index is 0.155. The van der Waals surface area contributed by atoms with Crippen LogP contribution in [-0.2, 0) is 5.67 Å². The van der Waals surface area contributed by atoms with Crippen LogP contribution in [0.15, 0.2) is 72.9 Å². The van der Waals surface area contributed by atoms with Crippen LogP contribution in [-0.4, -0.2) is 11.1 Å². The van der Waals surface area contributed by atoms with Crippen molar-refractivity contribution < 1.29 is 4.39 Å². The molecule has 0 saturated carbocycles. The number of fused-ring (bicyclic) bond motifs is 5. The molecule has 5 rings (SSSR count). The van der Waals surface area contributed by atoms with Gasteiger partial charge in [0.05, 0.1) is 11.4 Å². The highest BCUT2D eigenvalue weighted by atomic mass is 19.1. The number of benzene rings is 2. The molecule has 3 unspecified atom stereocenters. The molecule has 2 aliphatic rings. The van der Waals surface area contributed by atoms with Gasteiger partial charge in [-0.15, -0.1) is 0 Å². The van der Waals surface area contributed by atoms with Gasteiger partial charge in [0.25, 0.3) is 0 Å². The first-order valence-corrected chi connectivity index (χ1v) is 11.5. The molecule has 0 saturated heterocycles. The Morgan fingerprint density at radius 3 is 2.13 bits per heavy atom.